The van der Waals surface area contributed by atoms with E-state index in [1.807, 2.05) is 19.1 Å². The highest BCUT2D eigenvalue weighted by atomic mass is 16.3. The fourth-order valence-electron chi connectivity index (χ4n) is 3.47. The Morgan fingerprint density at radius 2 is 1.71 bits per heavy atom. The minimum absolute atomic E-state index is 0.120. The van der Waals surface area contributed by atoms with Crippen LogP contribution in [-0.2, 0) is 6.54 Å². The zero-order valence-corrected chi connectivity index (χ0v) is 17.9. The van der Waals surface area contributed by atoms with Gasteiger partial charge in [0.1, 0.15) is 11.5 Å². The molecule has 0 saturated heterocycles. The van der Waals surface area contributed by atoms with Crippen molar-refractivity contribution in [2.75, 3.05) is 19.6 Å². The van der Waals surface area contributed by atoms with Crippen molar-refractivity contribution in [3.8, 4) is 0 Å². The first-order valence-corrected chi connectivity index (χ1v) is 10.8. The van der Waals surface area contributed by atoms with Gasteiger partial charge in [0.25, 0.3) is 0 Å². The lowest BCUT2D eigenvalue weighted by Gasteiger charge is -2.21. The Kier molecular flexibility index (Phi) is 10.0. The Bertz CT molecular complexity index is 684. The normalized spacial score (nSPS) is 12.9. The Morgan fingerprint density at radius 3 is 2.32 bits per heavy atom. The molecule has 2 aromatic rings. The van der Waals surface area contributed by atoms with Crippen LogP contribution >= 0.6 is 0 Å². The summed E-state index contributed by atoms with van der Waals surface area (Å²) >= 11 is 0. The molecular weight excluding hydrogens is 346 g/mol. The summed E-state index contributed by atoms with van der Waals surface area (Å²) in [6, 6.07) is 12.6. The molecule has 1 heterocycles. The molecule has 1 unspecified atom stereocenters. The molecule has 0 aliphatic heterocycles. The van der Waals surface area contributed by atoms with E-state index >= 15 is 0 Å². The van der Waals surface area contributed by atoms with Gasteiger partial charge in [0, 0.05) is 6.04 Å². The molecule has 0 bridgehead atoms. The maximum Gasteiger partial charge on any atom is 0.144 e. The summed E-state index contributed by atoms with van der Waals surface area (Å²) in [5.74, 6) is 1.70. The number of unbranched alkanes of at least 4 members (excludes halogenated alkanes) is 1. The molecule has 1 aromatic carbocycles. The fourth-order valence-corrected chi connectivity index (χ4v) is 3.47. The zero-order chi connectivity index (χ0) is 20.2. The van der Waals surface area contributed by atoms with Crippen molar-refractivity contribution in [3.05, 3.63) is 59.0 Å². The molecule has 0 aliphatic rings. The van der Waals surface area contributed by atoms with E-state index in [0.29, 0.717) is 6.54 Å². The van der Waals surface area contributed by atoms with E-state index in [4.69, 9.17) is 10.2 Å². The van der Waals surface area contributed by atoms with E-state index in [2.05, 4.69) is 48.0 Å². The molecule has 0 saturated carbocycles. The molecule has 0 aliphatic carbocycles. The first kappa shape index (κ1) is 22.4. The van der Waals surface area contributed by atoms with Crippen LogP contribution in [0.2, 0.25) is 0 Å². The third kappa shape index (κ3) is 7.99. The Labute approximate surface area is 170 Å². The Balaban J connectivity index is 1.72. The minimum Gasteiger partial charge on any atom is -0.460 e. The van der Waals surface area contributed by atoms with Gasteiger partial charge in [-0.25, -0.2) is 0 Å². The standard InChI is InChI=1S/C24H37N3O/c1-4-15-27(16-5-2)17-7-6-8-24(25)22-12-10-21(11-13-22)18-26-19-23-14-9-20(3)28-23/h9-14,19,24H,4-8,15-18,25H2,1-3H3. The average molecular weight is 384 g/mol. The quantitative estimate of drug-likeness (QED) is 0.367. The van der Waals surface area contributed by atoms with Crippen LogP contribution < -0.4 is 5.73 Å². The molecule has 4 nitrogen and oxygen atoms in total. The number of benzene rings is 1. The van der Waals surface area contributed by atoms with Crippen LogP contribution in [0.25, 0.3) is 0 Å². The van der Waals surface area contributed by atoms with E-state index in [1.54, 1.807) is 6.21 Å². The SMILES string of the molecule is CCCN(CCC)CCCCC(N)c1ccc(CN=Cc2ccc(C)o2)cc1. The van der Waals surface area contributed by atoms with Gasteiger partial charge in [-0.1, -0.05) is 44.5 Å². The van der Waals surface area contributed by atoms with Gasteiger partial charge in [0.15, 0.2) is 0 Å². The van der Waals surface area contributed by atoms with Gasteiger partial charge in [-0.05, 0) is 75.5 Å². The van der Waals surface area contributed by atoms with Crippen molar-refractivity contribution >= 4 is 6.21 Å². The first-order valence-electron chi connectivity index (χ1n) is 10.8. The van der Waals surface area contributed by atoms with Crippen LogP contribution in [0.4, 0.5) is 0 Å². The number of furan rings is 1. The molecule has 0 spiro atoms. The molecule has 154 valence electrons. The Morgan fingerprint density at radius 1 is 1.00 bits per heavy atom. The summed E-state index contributed by atoms with van der Waals surface area (Å²) < 4.78 is 5.49. The molecule has 4 heteroatoms. The zero-order valence-electron chi connectivity index (χ0n) is 17.9. The van der Waals surface area contributed by atoms with Gasteiger partial charge < -0.3 is 15.1 Å². The van der Waals surface area contributed by atoms with E-state index < -0.39 is 0 Å². The number of hydrogen-bond acceptors (Lipinski definition) is 4. The fraction of sp³-hybridized carbons (Fsp3) is 0.542. The molecular formula is C24H37N3O. The second-order valence-corrected chi connectivity index (χ2v) is 7.60. The van der Waals surface area contributed by atoms with Crippen LogP contribution in [0, 0.1) is 6.92 Å². The topological polar surface area (TPSA) is 54.8 Å². The van der Waals surface area contributed by atoms with Gasteiger partial charge in [-0.15, -0.1) is 0 Å². The molecule has 0 amide bonds. The van der Waals surface area contributed by atoms with Crippen molar-refractivity contribution in [1.82, 2.24) is 4.90 Å². The lowest BCUT2D eigenvalue weighted by atomic mass is 10.0. The number of aliphatic imine (C=N–C) groups is 1. The number of nitrogens with zero attached hydrogens (tertiary/aromatic N) is 2. The second-order valence-electron chi connectivity index (χ2n) is 7.60. The highest BCUT2D eigenvalue weighted by molar-refractivity contribution is 5.75. The lowest BCUT2D eigenvalue weighted by molar-refractivity contribution is 0.267. The highest BCUT2D eigenvalue weighted by Crippen LogP contribution is 2.18. The van der Waals surface area contributed by atoms with Gasteiger partial charge in [0.05, 0.1) is 12.8 Å². The molecule has 2 rings (SSSR count). The molecule has 0 fully saturated rings. The second kappa shape index (κ2) is 12.5. The average Bonchev–Trinajstić information content (AvgIpc) is 3.11. The van der Waals surface area contributed by atoms with E-state index in [1.165, 1.54) is 56.4 Å². The summed E-state index contributed by atoms with van der Waals surface area (Å²) in [6.07, 6.45) is 7.70. The summed E-state index contributed by atoms with van der Waals surface area (Å²) in [4.78, 5) is 7.03. The predicted octanol–water partition coefficient (Wildman–Crippen LogP) is 5.50. The van der Waals surface area contributed by atoms with Crippen LogP contribution in [-0.4, -0.2) is 30.7 Å². The predicted molar refractivity (Wildman–Crippen MR) is 119 cm³/mol. The van der Waals surface area contributed by atoms with Crippen molar-refractivity contribution in [1.29, 1.82) is 0 Å². The van der Waals surface area contributed by atoms with Gasteiger partial charge >= 0.3 is 0 Å². The van der Waals surface area contributed by atoms with Crippen molar-refractivity contribution < 1.29 is 4.42 Å². The smallest absolute Gasteiger partial charge is 0.144 e. The maximum atomic E-state index is 6.40. The molecule has 1 atom stereocenters. The minimum atomic E-state index is 0.120. The summed E-state index contributed by atoms with van der Waals surface area (Å²) in [5, 5.41) is 0. The summed E-state index contributed by atoms with van der Waals surface area (Å²) in [5.41, 5.74) is 8.80. The maximum absolute atomic E-state index is 6.40. The van der Waals surface area contributed by atoms with E-state index in [-0.39, 0.29) is 6.04 Å². The first-order chi connectivity index (χ1) is 13.6. The molecule has 0 radical (unpaired) electrons. The highest BCUT2D eigenvalue weighted by Gasteiger charge is 2.07. The van der Waals surface area contributed by atoms with Gasteiger partial charge in [0.2, 0.25) is 0 Å². The summed E-state index contributed by atoms with van der Waals surface area (Å²) in [7, 11) is 0. The largest absolute Gasteiger partial charge is 0.460 e. The van der Waals surface area contributed by atoms with Crippen LogP contribution in [0.3, 0.4) is 0 Å². The van der Waals surface area contributed by atoms with Crippen LogP contribution in [0.15, 0.2) is 45.8 Å². The third-order valence-corrected chi connectivity index (χ3v) is 4.98. The molecule has 2 N–H and O–H groups in total. The molecule has 28 heavy (non-hydrogen) atoms. The molecule has 1 aromatic heterocycles. The number of rotatable bonds is 13. The van der Waals surface area contributed by atoms with Crippen LogP contribution in [0.1, 0.15) is 74.6 Å². The number of hydrogen-bond donors (Lipinski definition) is 1. The van der Waals surface area contributed by atoms with Crippen molar-refractivity contribution in [2.45, 2.75) is 65.5 Å². The monoisotopic (exact) mass is 383 g/mol. The van der Waals surface area contributed by atoms with Crippen molar-refractivity contribution in [2.24, 2.45) is 10.7 Å². The summed E-state index contributed by atoms with van der Waals surface area (Å²) in [6.45, 7) is 10.7. The van der Waals surface area contributed by atoms with Gasteiger partial charge in [-0.2, -0.15) is 0 Å². The number of aryl methyl sites for hydroxylation is 1. The Hall–Kier alpha value is -1.91. The lowest BCUT2D eigenvalue weighted by Crippen LogP contribution is -2.26. The van der Waals surface area contributed by atoms with Gasteiger partial charge in [-0.3, -0.25) is 4.99 Å². The third-order valence-electron chi connectivity index (χ3n) is 4.98. The number of nitrogens with two attached hydrogens (primary N) is 1. The van der Waals surface area contributed by atoms with Crippen LogP contribution in [0.5, 0.6) is 0 Å². The van der Waals surface area contributed by atoms with E-state index in [0.717, 1.165) is 17.9 Å². The van der Waals surface area contributed by atoms with Crippen molar-refractivity contribution in [3.63, 3.8) is 0 Å². The van der Waals surface area contributed by atoms with E-state index in [9.17, 15) is 0 Å².